The lowest BCUT2D eigenvalue weighted by atomic mass is 10.1. The minimum absolute atomic E-state index is 0.278. The van der Waals surface area contributed by atoms with Crippen LogP contribution < -0.4 is 20.9 Å². The molecular formula is C20H25N5O3. The number of fused-ring (bicyclic) bond motifs is 3. The Morgan fingerprint density at radius 1 is 1.14 bits per heavy atom. The topological polar surface area (TPSA) is 74.3 Å². The maximum absolute atomic E-state index is 13.0. The third-order valence-corrected chi connectivity index (χ3v) is 5.22. The fraction of sp³-hybridized carbons (Fsp3) is 0.450. The summed E-state index contributed by atoms with van der Waals surface area (Å²) in [6.07, 6.45) is 0. The molecule has 0 spiro atoms. The summed E-state index contributed by atoms with van der Waals surface area (Å²) in [6, 6.07) is 7.86. The smallest absolute Gasteiger partial charge is 0.332 e. The molecule has 8 heteroatoms. The van der Waals surface area contributed by atoms with Gasteiger partial charge in [-0.3, -0.25) is 13.9 Å². The Morgan fingerprint density at radius 3 is 2.50 bits per heavy atom. The molecule has 8 nitrogen and oxygen atoms in total. The number of imidazole rings is 1. The van der Waals surface area contributed by atoms with Gasteiger partial charge in [-0.05, 0) is 44.0 Å². The molecule has 0 radical (unpaired) electrons. The van der Waals surface area contributed by atoms with Crippen molar-refractivity contribution in [2.75, 3.05) is 18.1 Å². The average molecular weight is 383 g/mol. The molecule has 0 aliphatic carbocycles. The number of benzene rings is 1. The largest absolute Gasteiger partial charge is 0.494 e. The summed E-state index contributed by atoms with van der Waals surface area (Å²) in [5, 5.41) is 0. The summed E-state index contributed by atoms with van der Waals surface area (Å²) in [4.78, 5) is 32.3. The molecule has 0 saturated heterocycles. The molecular weight excluding hydrogens is 358 g/mol. The molecule has 3 heterocycles. The van der Waals surface area contributed by atoms with E-state index in [2.05, 4.69) is 11.8 Å². The molecule has 0 saturated carbocycles. The van der Waals surface area contributed by atoms with Crippen LogP contribution >= 0.6 is 0 Å². The number of nitrogens with zero attached hydrogens (tertiary/aromatic N) is 5. The molecule has 3 aromatic rings. The quantitative estimate of drug-likeness (QED) is 0.690. The van der Waals surface area contributed by atoms with Crippen LogP contribution in [0.4, 0.5) is 11.6 Å². The van der Waals surface area contributed by atoms with Crippen LogP contribution in [0.1, 0.15) is 20.8 Å². The van der Waals surface area contributed by atoms with E-state index < -0.39 is 0 Å². The van der Waals surface area contributed by atoms with Crippen molar-refractivity contribution in [2.24, 2.45) is 13.0 Å². The Bertz CT molecular complexity index is 1140. The number of hydrogen-bond donors (Lipinski definition) is 0. The van der Waals surface area contributed by atoms with Crippen molar-refractivity contribution >= 4 is 22.8 Å². The Labute approximate surface area is 162 Å². The highest BCUT2D eigenvalue weighted by molar-refractivity contribution is 5.77. The van der Waals surface area contributed by atoms with Crippen LogP contribution in [0.25, 0.3) is 11.2 Å². The molecule has 4 rings (SSSR count). The maximum atomic E-state index is 13.0. The molecule has 1 atom stereocenters. The highest BCUT2D eigenvalue weighted by Gasteiger charge is 2.29. The summed E-state index contributed by atoms with van der Waals surface area (Å²) < 4.78 is 10.2. The SMILES string of the molecule is CCOc1ccc(N2C[C@@H](C)Cn3c2nc2c3c(=O)n(CC)c(=O)n2C)cc1. The predicted octanol–water partition coefficient (Wildman–Crippen LogP) is 2.10. The lowest BCUT2D eigenvalue weighted by molar-refractivity contribution is 0.340. The van der Waals surface area contributed by atoms with E-state index in [1.807, 2.05) is 35.8 Å². The van der Waals surface area contributed by atoms with Crippen LogP contribution in [0.2, 0.25) is 0 Å². The number of hydrogen-bond acceptors (Lipinski definition) is 5. The Morgan fingerprint density at radius 2 is 1.86 bits per heavy atom. The van der Waals surface area contributed by atoms with Gasteiger partial charge in [0, 0.05) is 32.4 Å². The number of aromatic nitrogens is 4. The second-order valence-electron chi connectivity index (χ2n) is 7.23. The van der Waals surface area contributed by atoms with Crippen LogP contribution in [0.3, 0.4) is 0 Å². The fourth-order valence-electron chi connectivity index (χ4n) is 3.89. The number of aryl methyl sites for hydroxylation is 1. The molecule has 0 N–H and O–H groups in total. The molecule has 0 amide bonds. The van der Waals surface area contributed by atoms with Crippen molar-refractivity contribution in [1.82, 2.24) is 18.7 Å². The van der Waals surface area contributed by atoms with Gasteiger partial charge in [0.05, 0.1) is 6.61 Å². The van der Waals surface area contributed by atoms with E-state index in [0.717, 1.165) is 18.0 Å². The first-order valence-corrected chi connectivity index (χ1v) is 9.66. The molecule has 1 aliphatic heterocycles. The van der Waals surface area contributed by atoms with Crippen molar-refractivity contribution < 1.29 is 4.74 Å². The Balaban J connectivity index is 1.92. The molecule has 2 aromatic heterocycles. The molecule has 0 unspecified atom stereocenters. The van der Waals surface area contributed by atoms with Crippen molar-refractivity contribution in [1.29, 1.82) is 0 Å². The van der Waals surface area contributed by atoms with Crippen LogP contribution in [0, 0.1) is 5.92 Å². The van der Waals surface area contributed by atoms with Crippen molar-refractivity contribution in [3.8, 4) is 5.75 Å². The number of rotatable bonds is 4. The molecule has 0 fully saturated rings. The van der Waals surface area contributed by atoms with Crippen LogP contribution in [-0.2, 0) is 20.1 Å². The molecule has 148 valence electrons. The van der Waals surface area contributed by atoms with Crippen molar-refractivity contribution in [3.05, 3.63) is 45.1 Å². The first-order chi connectivity index (χ1) is 13.5. The summed E-state index contributed by atoms with van der Waals surface area (Å²) >= 11 is 0. The lowest BCUT2D eigenvalue weighted by Crippen LogP contribution is -2.40. The van der Waals surface area contributed by atoms with Crippen LogP contribution in [0.5, 0.6) is 5.75 Å². The van der Waals surface area contributed by atoms with E-state index >= 15 is 0 Å². The average Bonchev–Trinajstić information content (AvgIpc) is 3.06. The molecule has 1 aromatic carbocycles. The standard InChI is InChI=1S/C20H25N5O3/c1-5-23-18(26)16-17(22(4)20(23)27)21-19-24(11-13(3)12-25(16)19)14-7-9-15(10-8-14)28-6-2/h7-10,13H,5-6,11-12H2,1-4H3/t13-/m1/s1. The first-order valence-electron chi connectivity index (χ1n) is 9.66. The normalized spacial score (nSPS) is 16.4. The zero-order valence-corrected chi connectivity index (χ0v) is 16.7. The highest BCUT2D eigenvalue weighted by atomic mass is 16.5. The second kappa shape index (κ2) is 6.85. The van der Waals surface area contributed by atoms with Gasteiger partial charge >= 0.3 is 5.69 Å². The Kier molecular flexibility index (Phi) is 4.49. The van der Waals surface area contributed by atoms with Gasteiger partial charge in [-0.15, -0.1) is 0 Å². The summed E-state index contributed by atoms with van der Waals surface area (Å²) in [6.45, 7) is 8.33. The molecule has 0 bridgehead atoms. The van der Waals surface area contributed by atoms with Gasteiger partial charge < -0.3 is 14.2 Å². The summed E-state index contributed by atoms with van der Waals surface area (Å²) in [5.41, 5.74) is 1.28. The maximum Gasteiger partial charge on any atom is 0.332 e. The monoisotopic (exact) mass is 383 g/mol. The van der Waals surface area contributed by atoms with Gasteiger partial charge in [-0.25, -0.2) is 4.79 Å². The van der Waals surface area contributed by atoms with Gasteiger partial charge in [-0.1, -0.05) is 6.92 Å². The highest BCUT2D eigenvalue weighted by Crippen LogP contribution is 2.33. The fourth-order valence-corrected chi connectivity index (χ4v) is 3.89. The zero-order chi connectivity index (χ0) is 20.0. The van der Waals surface area contributed by atoms with Gasteiger partial charge in [-0.2, -0.15) is 4.98 Å². The minimum Gasteiger partial charge on any atom is -0.494 e. The van der Waals surface area contributed by atoms with E-state index in [9.17, 15) is 9.59 Å². The van der Waals surface area contributed by atoms with Gasteiger partial charge in [0.2, 0.25) is 5.95 Å². The van der Waals surface area contributed by atoms with Crippen molar-refractivity contribution in [2.45, 2.75) is 33.9 Å². The summed E-state index contributed by atoms with van der Waals surface area (Å²) in [7, 11) is 1.67. The van der Waals surface area contributed by atoms with Gasteiger partial charge in [0.1, 0.15) is 5.75 Å². The second-order valence-corrected chi connectivity index (χ2v) is 7.23. The minimum atomic E-state index is -0.337. The number of ether oxygens (including phenoxy) is 1. The van der Waals surface area contributed by atoms with E-state index in [0.29, 0.717) is 42.7 Å². The third-order valence-electron chi connectivity index (χ3n) is 5.22. The van der Waals surface area contributed by atoms with Crippen LogP contribution in [0.15, 0.2) is 33.9 Å². The van der Waals surface area contributed by atoms with E-state index in [1.54, 1.807) is 14.0 Å². The predicted molar refractivity (Wildman–Crippen MR) is 109 cm³/mol. The van der Waals surface area contributed by atoms with Crippen molar-refractivity contribution in [3.63, 3.8) is 0 Å². The Hall–Kier alpha value is -3.03. The van der Waals surface area contributed by atoms with Gasteiger partial charge in [0.15, 0.2) is 11.2 Å². The zero-order valence-electron chi connectivity index (χ0n) is 16.7. The lowest BCUT2D eigenvalue weighted by Gasteiger charge is -2.33. The summed E-state index contributed by atoms with van der Waals surface area (Å²) in [5.74, 6) is 1.83. The molecule has 28 heavy (non-hydrogen) atoms. The van der Waals surface area contributed by atoms with E-state index in [4.69, 9.17) is 9.72 Å². The van der Waals surface area contributed by atoms with E-state index in [-0.39, 0.29) is 11.2 Å². The first kappa shape index (κ1) is 18.3. The third kappa shape index (κ3) is 2.71. The van der Waals surface area contributed by atoms with Gasteiger partial charge in [0.25, 0.3) is 5.56 Å². The van der Waals surface area contributed by atoms with E-state index in [1.165, 1.54) is 9.13 Å². The molecule has 1 aliphatic rings. The van der Waals surface area contributed by atoms with Crippen LogP contribution in [-0.4, -0.2) is 31.8 Å². The number of anilines is 2.